The molecule has 0 spiro atoms. The van der Waals surface area contributed by atoms with Crippen molar-refractivity contribution in [1.82, 2.24) is 0 Å². The number of hydrogen-bond donors (Lipinski definition) is 3. The van der Waals surface area contributed by atoms with Gasteiger partial charge in [0.15, 0.2) is 0 Å². The van der Waals surface area contributed by atoms with E-state index in [1.165, 1.54) is 37.3 Å². The van der Waals surface area contributed by atoms with E-state index in [9.17, 15) is 19.4 Å². The van der Waals surface area contributed by atoms with Crippen LogP contribution in [0.5, 0.6) is 11.5 Å². The van der Waals surface area contributed by atoms with E-state index in [-0.39, 0.29) is 28.3 Å². The molecule has 2 atom stereocenters. The second kappa shape index (κ2) is 6.14. The van der Waals surface area contributed by atoms with Gasteiger partial charge in [-0.3, -0.25) is 4.79 Å². The number of hydrazine groups is 1. The Morgan fingerprint density at radius 3 is 2.43 bits per heavy atom. The molecule has 0 saturated carbocycles. The number of rotatable bonds is 3. The highest BCUT2D eigenvalue weighted by Crippen LogP contribution is 2.35. The predicted molar refractivity (Wildman–Crippen MR) is 90.1 cm³/mol. The lowest BCUT2D eigenvalue weighted by Crippen LogP contribution is -2.37. The van der Waals surface area contributed by atoms with Crippen molar-refractivity contribution in [3.63, 3.8) is 0 Å². The Morgan fingerprint density at radius 2 is 1.83 bits per heavy atom. The number of benzene rings is 2. The van der Waals surface area contributed by atoms with Crippen LogP contribution in [-0.4, -0.2) is 16.1 Å². The molecule has 0 saturated heterocycles. The highest BCUT2D eigenvalue weighted by molar-refractivity contribution is 7.18. The van der Waals surface area contributed by atoms with Crippen LogP contribution in [0.25, 0.3) is 0 Å². The largest absolute Gasteiger partial charge is 0.507 e. The van der Waals surface area contributed by atoms with Gasteiger partial charge in [0.05, 0.1) is 5.56 Å². The first kappa shape index (κ1) is 17.2. The van der Waals surface area contributed by atoms with Gasteiger partial charge >= 0.3 is 0 Å². The third-order valence-electron chi connectivity index (χ3n) is 3.40. The van der Waals surface area contributed by atoms with Crippen LogP contribution in [0.15, 0.2) is 36.4 Å². The quantitative estimate of drug-likeness (QED) is 0.348. The molecule has 0 aromatic heterocycles. The van der Waals surface area contributed by atoms with Crippen LogP contribution < -0.4 is 10.9 Å². The molecule has 0 heterocycles. The molecule has 1 amide bonds. The maximum atomic E-state index is 14.0. The van der Waals surface area contributed by atoms with Gasteiger partial charge in [0.25, 0.3) is 5.91 Å². The van der Waals surface area contributed by atoms with E-state index >= 15 is 0 Å². The van der Waals surface area contributed by atoms with E-state index in [4.69, 9.17) is 5.84 Å². The number of phenolic OH excluding ortho intramolecular Hbond substituents is 2. The summed E-state index contributed by atoms with van der Waals surface area (Å²) < 4.78 is 14.0. The maximum Gasteiger partial charge on any atom is 0.276 e. The number of carbonyl (C=O) groups excluding carboxylic acids is 1. The molecule has 2 aromatic rings. The first-order valence-electron chi connectivity index (χ1n) is 6.81. The van der Waals surface area contributed by atoms with Crippen molar-refractivity contribution in [3.05, 3.63) is 53.1 Å². The molecule has 0 fully saturated rings. The van der Waals surface area contributed by atoms with Crippen molar-refractivity contribution in [2.45, 2.75) is 19.3 Å². The van der Waals surface area contributed by atoms with E-state index in [0.717, 1.165) is 10.6 Å². The summed E-state index contributed by atoms with van der Waals surface area (Å²) in [7, 11) is 2.02. The van der Waals surface area contributed by atoms with Gasteiger partial charge in [-0.25, -0.2) is 15.2 Å². The van der Waals surface area contributed by atoms with Crippen molar-refractivity contribution in [1.29, 1.82) is 0 Å². The van der Waals surface area contributed by atoms with Crippen molar-refractivity contribution in [3.8, 4) is 11.5 Å². The van der Waals surface area contributed by atoms with Crippen LogP contribution in [0.1, 0.15) is 28.4 Å². The number of nitrogens with two attached hydrogens (primary N) is 1. The minimum atomic E-state index is -1.76. The number of alkyl halides is 1. The molecule has 0 aliphatic carbocycles. The van der Waals surface area contributed by atoms with Crippen molar-refractivity contribution in [2.75, 3.05) is 5.01 Å². The van der Waals surface area contributed by atoms with Crippen LogP contribution in [-0.2, 0) is 5.41 Å². The third-order valence-corrected chi connectivity index (χ3v) is 3.73. The molecule has 2 aromatic carbocycles. The Hall–Kier alpha value is -2.17. The molecule has 7 heteroatoms. The number of amides is 1. The number of phenols is 2. The van der Waals surface area contributed by atoms with Gasteiger partial charge in [0.1, 0.15) is 22.6 Å². The fraction of sp³-hybridized carbons (Fsp3) is 0.188. The van der Waals surface area contributed by atoms with Crippen molar-refractivity contribution >= 4 is 20.8 Å². The smallest absolute Gasteiger partial charge is 0.276 e. The van der Waals surface area contributed by atoms with Gasteiger partial charge in [-0.1, -0.05) is 21.4 Å². The summed E-state index contributed by atoms with van der Waals surface area (Å²) in [5, 5.41) is 18.7. The fourth-order valence-electron chi connectivity index (χ4n) is 2.08. The molecule has 2 rings (SSSR count). The molecule has 0 aliphatic rings. The van der Waals surface area contributed by atoms with E-state index < -0.39 is 11.3 Å². The molecule has 0 radical (unpaired) electrons. The van der Waals surface area contributed by atoms with Gasteiger partial charge < -0.3 is 10.2 Å². The zero-order valence-electron chi connectivity index (χ0n) is 12.7. The zero-order valence-corrected chi connectivity index (χ0v) is 13.9. The molecular weight excluding hydrogens is 318 g/mol. The lowest BCUT2D eigenvalue weighted by Gasteiger charge is -2.21. The third kappa shape index (κ3) is 3.60. The summed E-state index contributed by atoms with van der Waals surface area (Å²) in [6.45, 7) is 3.09. The number of halogens is 1. The topological polar surface area (TPSA) is 86.8 Å². The maximum absolute atomic E-state index is 14.0. The molecular formula is C16H18FN2O3P. The highest BCUT2D eigenvalue weighted by Gasteiger charge is 2.25. The molecule has 5 nitrogen and oxygen atoms in total. The summed E-state index contributed by atoms with van der Waals surface area (Å²) in [5.74, 6) is 4.52. The summed E-state index contributed by atoms with van der Waals surface area (Å²) in [5.41, 5.74) is 0.928. The molecule has 23 heavy (non-hydrogen) atoms. The van der Waals surface area contributed by atoms with E-state index in [1.807, 2.05) is 9.24 Å². The van der Waals surface area contributed by atoms with Gasteiger partial charge in [-0.2, -0.15) is 0 Å². The van der Waals surface area contributed by atoms with Crippen molar-refractivity contribution in [2.24, 2.45) is 5.84 Å². The van der Waals surface area contributed by atoms with Crippen LogP contribution in [0, 0.1) is 6.92 Å². The Balaban J connectivity index is 2.46. The zero-order chi connectivity index (χ0) is 17.4. The van der Waals surface area contributed by atoms with Crippen molar-refractivity contribution < 1.29 is 19.4 Å². The number of anilines is 1. The number of carbonyl (C=O) groups is 1. The Kier molecular flexibility index (Phi) is 4.59. The summed E-state index contributed by atoms with van der Waals surface area (Å²) in [4.78, 5) is 12.5. The number of aryl methyl sites for hydroxylation is 1. The normalized spacial score (nSPS) is 13.4. The fourth-order valence-corrected chi connectivity index (χ4v) is 2.26. The van der Waals surface area contributed by atoms with Crippen LogP contribution in [0.4, 0.5) is 10.1 Å². The van der Waals surface area contributed by atoms with Gasteiger partial charge in [0.2, 0.25) is 0 Å². The average Bonchev–Trinajstić information content (AvgIpc) is 2.47. The Morgan fingerprint density at radius 1 is 1.22 bits per heavy atom. The lowest BCUT2D eigenvalue weighted by molar-refractivity contribution is 0.0983. The predicted octanol–water partition coefficient (Wildman–Crippen LogP) is 2.94. The molecule has 4 N–H and O–H groups in total. The molecule has 122 valence electrons. The van der Waals surface area contributed by atoms with Gasteiger partial charge in [-0.15, -0.1) is 0 Å². The Labute approximate surface area is 135 Å². The van der Waals surface area contributed by atoms with E-state index in [1.54, 1.807) is 13.0 Å². The Bertz CT molecular complexity index is 759. The minimum Gasteiger partial charge on any atom is -0.507 e. The van der Waals surface area contributed by atoms with Gasteiger partial charge in [0, 0.05) is 0 Å². The number of nitrogens with zero attached hydrogens (tertiary/aromatic N) is 1. The first-order valence-corrected chi connectivity index (χ1v) is 7.39. The highest BCUT2D eigenvalue weighted by atomic mass is 31.0. The number of hydrogen-bond acceptors (Lipinski definition) is 4. The summed E-state index contributed by atoms with van der Waals surface area (Å²) in [6.07, 6.45) is 0. The standard InChI is InChI=1S/C16H18FN2O3P/c1-9-3-5-14(21)12(7-9)19(18)15(22)11-8-10(16(2,17)23)4-6-13(11)20/h3-8,20-21H,18,23H2,1-2H3. The summed E-state index contributed by atoms with van der Waals surface area (Å²) >= 11 is 0. The summed E-state index contributed by atoms with van der Waals surface area (Å²) in [6, 6.07) is 8.45. The second-order valence-corrected chi connectivity index (χ2v) is 6.56. The molecule has 0 aliphatic heterocycles. The minimum absolute atomic E-state index is 0.0914. The van der Waals surface area contributed by atoms with Gasteiger partial charge in [-0.05, 0) is 49.2 Å². The van der Waals surface area contributed by atoms with E-state index in [2.05, 4.69) is 0 Å². The molecule has 2 unspecified atom stereocenters. The van der Waals surface area contributed by atoms with Crippen LogP contribution >= 0.6 is 9.24 Å². The van der Waals surface area contributed by atoms with Crippen LogP contribution in [0.3, 0.4) is 0 Å². The van der Waals surface area contributed by atoms with E-state index in [0.29, 0.717) is 0 Å². The second-order valence-electron chi connectivity index (χ2n) is 5.47. The lowest BCUT2D eigenvalue weighted by atomic mass is 10.1. The monoisotopic (exact) mass is 336 g/mol. The average molecular weight is 336 g/mol. The SMILES string of the molecule is Cc1ccc(O)c(N(N)C(=O)c2cc(C(C)(F)P)ccc2O)c1. The first-order chi connectivity index (χ1) is 10.6. The molecule has 0 bridgehead atoms. The number of aromatic hydroxyl groups is 2. The van der Waals surface area contributed by atoms with Crippen LogP contribution in [0.2, 0.25) is 0 Å².